The summed E-state index contributed by atoms with van der Waals surface area (Å²) in [6, 6.07) is 2.38. The van der Waals surface area contributed by atoms with Crippen LogP contribution in [0.3, 0.4) is 0 Å². The van der Waals surface area contributed by atoms with Crippen LogP contribution in [0.2, 0.25) is 0 Å². The van der Waals surface area contributed by atoms with Gasteiger partial charge in [-0.25, -0.2) is 13.2 Å². The van der Waals surface area contributed by atoms with Crippen molar-refractivity contribution in [2.24, 2.45) is 5.92 Å². The predicted octanol–water partition coefficient (Wildman–Crippen LogP) is 0.203. The number of ether oxygens (including phenoxy) is 1. The van der Waals surface area contributed by atoms with Crippen molar-refractivity contribution < 1.29 is 22.7 Å². The van der Waals surface area contributed by atoms with Crippen molar-refractivity contribution in [2.45, 2.75) is 26.3 Å². The molecule has 0 aromatic carbocycles. The lowest BCUT2D eigenvalue weighted by molar-refractivity contribution is -0.137. The third-order valence-electron chi connectivity index (χ3n) is 3.90. The highest BCUT2D eigenvalue weighted by atomic mass is 32.2. The van der Waals surface area contributed by atoms with Crippen LogP contribution < -0.4 is 5.56 Å². The number of rotatable bonds is 6. The highest BCUT2D eigenvalue weighted by Crippen LogP contribution is 2.19. The number of pyridine rings is 1. The third kappa shape index (κ3) is 5.15. The molecule has 1 N–H and O–H groups in total. The largest absolute Gasteiger partial charge is 0.452 e. The zero-order valence-electron chi connectivity index (χ0n) is 14.2. The van der Waals surface area contributed by atoms with Crippen LogP contribution in [-0.4, -0.2) is 60.9 Å². The number of aromatic amines is 1. The Balaban J connectivity index is 2.03. The van der Waals surface area contributed by atoms with E-state index in [4.69, 9.17) is 4.74 Å². The first-order valence-electron chi connectivity index (χ1n) is 8.04. The number of sulfone groups is 1. The molecule has 0 radical (unpaired) electrons. The molecule has 138 valence electrons. The van der Waals surface area contributed by atoms with Gasteiger partial charge in [-0.15, -0.1) is 0 Å². The van der Waals surface area contributed by atoms with Gasteiger partial charge in [0, 0.05) is 18.8 Å². The molecule has 2 heterocycles. The number of esters is 1. The molecule has 0 spiro atoms. The molecule has 9 heteroatoms. The zero-order valence-corrected chi connectivity index (χ0v) is 15.0. The number of aromatic nitrogens is 1. The standard InChI is InChI=1S/C16H22N2O6S/c1-11(2)8-18(12-5-7-25(22,23)10-12)14(19)9-24-16(21)13-4-3-6-17-15(13)20/h3-4,6,11-12H,5,7-10H2,1-2H3,(H,17,20). The molecule has 1 aromatic rings. The Morgan fingerprint density at radius 2 is 2.12 bits per heavy atom. The summed E-state index contributed by atoms with van der Waals surface area (Å²) in [5.74, 6) is -1.23. The first-order valence-corrected chi connectivity index (χ1v) is 9.86. The normalized spacial score (nSPS) is 18.9. The van der Waals surface area contributed by atoms with Gasteiger partial charge in [0.25, 0.3) is 11.5 Å². The fraction of sp³-hybridized carbons (Fsp3) is 0.562. The zero-order chi connectivity index (χ0) is 18.6. The van der Waals surface area contributed by atoms with Gasteiger partial charge in [0.1, 0.15) is 5.56 Å². The molecule has 25 heavy (non-hydrogen) atoms. The van der Waals surface area contributed by atoms with E-state index >= 15 is 0 Å². The smallest absolute Gasteiger partial charge is 0.344 e. The minimum Gasteiger partial charge on any atom is -0.452 e. The van der Waals surface area contributed by atoms with E-state index in [1.165, 1.54) is 23.2 Å². The summed E-state index contributed by atoms with van der Waals surface area (Å²) in [6.07, 6.45) is 1.77. The summed E-state index contributed by atoms with van der Waals surface area (Å²) in [5, 5.41) is 0. The van der Waals surface area contributed by atoms with E-state index in [0.717, 1.165) is 0 Å². The summed E-state index contributed by atoms with van der Waals surface area (Å²) < 4.78 is 28.3. The van der Waals surface area contributed by atoms with Crippen LogP contribution in [0.15, 0.2) is 23.1 Å². The first kappa shape index (κ1) is 19.2. The molecule has 0 aliphatic carbocycles. The van der Waals surface area contributed by atoms with Crippen molar-refractivity contribution in [2.75, 3.05) is 24.7 Å². The first-order chi connectivity index (χ1) is 11.7. The van der Waals surface area contributed by atoms with Crippen LogP contribution in [-0.2, 0) is 19.4 Å². The summed E-state index contributed by atoms with van der Waals surface area (Å²) in [6.45, 7) is 3.68. The van der Waals surface area contributed by atoms with Crippen LogP contribution in [0.4, 0.5) is 0 Å². The third-order valence-corrected chi connectivity index (χ3v) is 5.65. The molecule has 1 aromatic heterocycles. The number of hydrogen-bond acceptors (Lipinski definition) is 6. The van der Waals surface area contributed by atoms with E-state index in [9.17, 15) is 22.8 Å². The van der Waals surface area contributed by atoms with Crippen LogP contribution in [0.25, 0.3) is 0 Å². The van der Waals surface area contributed by atoms with Gasteiger partial charge in [0.05, 0.1) is 11.5 Å². The molecule has 1 fully saturated rings. The van der Waals surface area contributed by atoms with Gasteiger partial charge in [-0.3, -0.25) is 9.59 Å². The summed E-state index contributed by atoms with van der Waals surface area (Å²) in [5.41, 5.74) is -0.782. The highest BCUT2D eigenvalue weighted by molar-refractivity contribution is 7.91. The van der Waals surface area contributed by atoms with Crippen LogP contribution in [0, 0.1) is 5.92 Å². The predicted molar refractivity (Wildman–Crippen MR) is 91.0 cm³/mol. The average Bonchev–Trinajstić information content (AvgIpc) is 2.90. The Bertz CT molecular complexity index is 799. The van der Waals surface area contributed by atoms with E-state index in [1.54, 1.807) is 0 Å². The second kappa shape index (κ2) is 7.81. The Labute approximate surface area is 146 Å². The molecule has 0 bridgehead atoms. The number of carbonyl (C=O) groups excluding carboxylic acids is 2. The molecule has 1 aliphatic rings. The van der Waals surface area contributed by atoms with Crippen molar-refractivity contribution in [1.82, 2.24) is 9.88 Å². The van der Waals surface area contributed by atoms with E-state index < -0.39 is 39.9 Å². The lowest BCUT2D eigenvalue weighted by Gasteiger charge is -2.29. The van der Waals surface area contributed by atoms with Crippen LogP contribution in [0.1, 0.15) is 30.6 Å². The summed E-state index contributed by atoms with van der Waals surface area (Å²) in [4.78, 5) is 39.8. The maximum Gasteiger partial charge on any atom is 0.344 e. The maximum atomic E-state index is 12.5. The lowest BCUT2D eigenvalue weighted by atomic mass is 10.1. The SMILES string of the molecule is CC(C)CN(C(=O)COC(=O)c1ccc[nH]c1=O)C1CCS(=O)(=O)C1. The number of carbonyl (C=O) groups is 2. The molecular formula is C16H22N2O6S. The van der Waals surface area contributed by atoms with Gasteiger partial charge in [-0.2, -0.15) is 0 Å². The minimum atomic E-state index is -3.14. The Morgan fingerprint density at radius 1 is 1.40 bits per heavy atom. The molecule has 1 unspecified atom stereocenters. The van der Waals surface area contributed by atoms with Gasteiger partial charge in [-0.1, -0.05) is 13.8 Å². The monoisotopic (exact) mass is 370 g/mol. The van der Waals surface area contributed by atoms with Gasteiger partial charge in [0.15, 0.2) is 16.4 Å². The molecule has 8 nitrogen and oxygen atoms in total. The van der Waals surface area contributed by atoms with Gasteiger partial charge in [0.2, 0.25) is 0 Å². The van der Waals surface area contributed by atoms with E-state index in [1.807, 2.05) is 13.8 Å². The van der Waals surface area contributed by atoms with Crippen molar-refractivity contribution >= 4 is 21.7 Å². The van der Waals surface area contributed by atoms with Crippen LogP contribution >= 0.6 is 0 Å². The average molecular weight is 370 g/mol. The quantitative estimate of drug-likeness (QED) is 0.716. The fourth-order valence-corrected chi connectivity index (χ4v) is 4.47. The second-order valence-electron chi connectivity index (χ2n) is 6.49. The number of nitrogens with one attached hydrogen (secondary N) is 1. The fourth-order valence-electron chi connectivity index (χ4n) is 2.74. The molecule has 1 amide bonds. The topological polar surface area (TPSA) is 114 Å². The molecular weight excluding hydrogens is 348 g/mol. The van der Waals surface area contributed by atoms with Gasteiger partial charge in [-0.05, 0) is 24.5 Å². The molecule has 1 aliphatic heterocycles. The van der Waals surface area contributed by atoms with E-state index in [2.05, 4.69) is 4.98 Å². The molecule has 2 rings (SSSR count). The van der Waals surface area contributed by atoms with Gasteiger partial charge < -0.3 is 14.6 Å². The van der Waals surface area contributed by atoms with Crippen molar-refractivity contribution in [1.29, 1.82) is 0 Å². The maximum absolute atomic E-state index is 12.5. The molecule has 1 atom stereocenters. The van der Waals surface area contributed by atoms with E-state index in [-0.39, 0.29) is 23.0 Å². The number of hydrogen-bond donors (Lipinski definition) is 1. The Morgan fingerprint density at radius 3 is 2.68 bits per heavy atom. The van der Waals surface area contributed by atoms with Crippen molar-refractivity contribution in [3.8, 4) is 0 Å². The van der Waals surface area contributed by atoms with Gasteiger partial charge >= 0.3 is 5.97 Å². The molecule has 0 saturated carbocycles. The number of nitrogens with zero attached hydrogens (tertiary/aromatic N) is 1. The summed E-state index contributed by atoms with van der Waals surface area (Å²) >= 11 is 0. The second-order valence-corrected chi connectivity index (χ2v) is 8.71. The van der Waals surface area contributed by atoms with Crippen LogP contribution in [0.5, 0.6) is 0 Å². The number of H-pyrrole nitrogens is 1. The lowest BCUT2D eigenvalue weighted by Crippen LogP contribution is -2.45. The Kier molecular flexibility index (Phi) is 5.99. The van der Waals surface area contributed by atoms with Crippen molar-refractivity contribution in [3.63, 3.8) is 0 Å². The van der Waals surface area contributed by atoms with Crippen molar-refractivity contribution in [3.05, 3.63) is 34.2 Å². The highest BCUT2D eigenvalue weighted by Gasteiger charge is 2.35. The summed E-state index contributed by atoms with van der Waals surface area (Å²) in [7, 11) is -3.14. The molecule has 1 saturated heterocycles. The minimum absolute atomic E-state index is 0.0543. The number of amides is 1. The van der Waals surface area contributed by atoms with E-state index in [0.29, 0.717) is 13.0 Å². The Hall–Kier alpha value is -2.16.